The molecular weight excluding hydrogens is 134 g/mol. The molecule has 0 fully saturated rings. The number of hydrogen-bond donors (Lipinski definition) is 0. The van der Waals surface area contributed by atoms with Crippen LogP contribution in [0.4, 0.5) is 0 Å². The minimum absolute atomic E-state index is 0.531. The van der Waals surface area contributed by atoms with Gasteiger partial charge in [-0.2, -0.15) is 0 Å². The third-order valence-electron chi connectivity index (χ3n) is 1.91. The monoisotopic (exact) mass is 153 g/mol. The fourth-order valence-electron chi connectivity index (χ4n) is 1.16. The quantitative estimate of drug-likeness (QED) is 0.548. The van der Waals surface area contributed by atoms with Crippen molar-refractivity contribution in [2.45, 2.75) is 26.8 Å². The first-order valence-electron chi connectivity index (χ1n) is 4.29. The van der Waals surface area contributed by atoms with E-state index in [2.05, 4.69) is 38.3 Å². The van der Waals surface area contributed by atoms with Crippen molar-refractivity contribution in [3.8, 4) is 0 Å². The summed E-state index contributed by atoms with van der Waals surface area (Å²) < 4.78 is 0. The average molecular weight is 153 g/mol. The van der Waals surface area contributed by atoms with Crippen molar-refractivity contribution in [1.82, 2.24) is 4.90 Å². The van der Waals surface area contributed by atoms with E-state index in [-0.39, 0.29) is 0 Å². The second-order valence-electron chi connectivity index (χ2n) is 2.58. The van der Waals surface area contributed by atoms with Gasteiger partial charge in [0.15, 0.2) is 0 Å². The first-order valence-corrected chi connectivity index (χ1v) is 4.29. The van der Waals surface area contributed by atoms with Crippen molar-refractivity contribution < 1.29 is 0 Å². The van der Waals surface area contributed by atoms with Crippen LogP contribution in [-0.4, -0.2) is 24.0 Å². The Labute approximate surface area is 70.4 Å². The Morgan fingerprint density at radius 1 is 1.36 bits per heavy atom. The van der Waals surface area contributed by atoms with Crippen molar-refractivity contribution in [2.75, 3.05) is 13.1 Å². The van der Waals surface area contributed by atoms with Gasteiger partial charge in [-0.25, -0.2) is 0 Å². The second kappa shape index (κ2) is 6.17. The highest BCUT2D eigenvalue weighted by molar-refractivity contribution is 5.01. The highest BCUT2D eigenvalue weighted by Crippen LogP contribution is 1.99. The zero-order valence-corrected chi connectivity index (χ0v) is 7.88. The van der Waals surface area contributed by atoms with Crippen molar-refractivity contribution in [3.05, 3.63) is 24.8 Å². The maximum absolute atomic E-state index is 3.64. The predicted octanol–water partition coefficient (Wildman–Crippen LogP) is 2.46. The Bertz CT molecular complexity index is 123. The molecule has 0 N–H and O–H groups in total. The van der Waals surface area contributed by atoms with E-state index in [0.717, 1.165) is 13.1 Å². The Kier molecular flexibility index (Phi) is 5.86. The van der Waals surface area contributed by atoms with Crippen LogP contribution >= 0.6 is 0 Å². The molecule has 0 rings (SSSR count). The molecule has 1 unspecified atom stereocenters. The van der Waals surface area contributed by atoms with E-state index >= 15 is 0 Å². The van der Waals surface area contributed by atoms with Crippen molar-refractivity contribution >= 4 is 0 Å². The number of likely N-dealkylation sites (N-methyl/N-ethyl adjacent to an activating group) is 1. The van der Waals surface area contributed by atoms with Crippen LogP contribution in [0.2, 0.25) is 0 Å². The molecule has 0 spiro atoms. The zero-order valence-electron chi connectivity index (χ0n) is 7.88. The Balaban J connectivity index is 3.86. The van der Waals surface area contributed by atoms with Crippen LogP contribution in [0, 0.1) is 0 Å². The Morgan fingerprint density at radius 3 is 2.27 bits per heavy atom. The molecule has 0 aliphatic carbocycles. The van der Waals surface area contributed by atoms with E-state index in [0.29, 0.717) is 6.04 Å². The number of rotatable bonds is 5. The van der Waals surface area contributed by atoms with Gasteiger partial charge in [0.1, 0.15) is 0 Å². The molecule has 0 aromatic carbocycles. The van der Waals surface area contributed by atoms with E-state index in [4.69, 9.17) is 0 Å². The molecule has 0 bridgehead atoms. The lowest BCUT2D eigenvalue weighted by molar-refractivity contribution is 0.268. The van der Waals surface area contributed by atoms with Gasteiger partial charge in [0.2, 0.25) is 0 Å². The lowest BCUT2D eigenvalue weighted by Gasteiger charge is -2.23. The first kappa shape index (κ1) is 10.4. The van der Waals surface area contributed by atoms with Crippen LogP contribution in [0.1, 0.15) is 20.8 Å². The van der Waals surface area contributed by atoms with Crippen LogP contribution in [0.25, 0.3) is 0 Å². The summed E-state index contributed by atoms with van der Waals surface area (Å²) in [5, 5.41) is 0. The van der Waals surface area contributed by atoms with E-state index in [1.54, 1.807) is 0 Å². The van der Waals surface area contributed by atoms with Crippen LogP contribution in [0.15, 0.2) is 24.8 Å². The zero-order chi connectivity index (χ0) is 8.69. The molecule has 0 radical (unpaired) electrons. The molecule has 0 aliphatic rings. The van der Waals surface area contributed by atoms with Gasteiger partial charge in [-0.05, 0) is 20.0 Å². The maximum Gasteiger partial charge on any atom is 0.0252 e. The summed E-state index contributed by atoms with van der Waals surface area (Å²) in [5.41, 5.74) is 0. The van der Waals surface area contributed by atoms with Crippen LogP contribution in [0.5, 0.6) is 0 Å². The largest absolute Gasteiger partial charge is 0.298 e. The van der Waals surface area contributed by atoms with Crippen LogP contribution < -0.4 is 0 Å². The van der Waals surface area contributed by atoms with E-state index < -0.39 is 0 Å². The molecule has 0 saturated heterocycles. The Hall–Kier alpha value is -0.560. The molecular formula is C10H19N. The standard InChI is InChI=1S/C10H19N/c1-5-8-9-10(4)11(6-2)7-3/h5,8-10H,1,6-7H2,2-4H3/b9-8+. The summed E-state index contributed by atoms with van der Waals surface area (Å²) in [6.07, 6.45) is 5.99. The van der Waals surface area contributed by atoms with Gasteiger partial charge in [-0.3, -0.25) is 4.90 Å². The first-order chi connectivity index (χ1) is 5.26. The minimum Gasteiger partial charge on any atom is -0.298 e. The topological polar surface area (TPSA) is 3.24 Å². The van der Waals surface area contributed by atoms with Crippen molar-refractivity contribution in [1.29, 1.82) is 0 Å². The van der Waals surface area contributed by atoms with E-state index in [9.17, 15) is 0 Å². The summed E-state index contributed by atoms with van der Waals surface area (Å²) in [7, 11) is 0. The number of nitrogens with zero attached hydrogens (tertiary/aromatic N) is 1. The van der Waals surface area contributed by atoms with E-state index in [1.807, 2.05) is 12.2 Å². The van der Waals surface area contributed by atoms with Crippen molar-refractivity contribution in [3.63, 3.8) is 0 Å². The lowest BCUT2D eigenvalue weighted by atomic mass is 10.2. The highest BCUT2D eigenvalue weighted by atomic mass is 15.1. The highest BCUT2D eigenvalue weighted by Gasteiger charge is 2.03. The predicted molar refractivity (Wildman–Crippen MR) is 51.7 cm³/mol. The van der Waals surface area contributed by atoms with Gasteiger partial charge >= 0.3 is 0 Å². The van der Waals surface area contributed by atoms with Gasteiger partial charge in [-0.15, -0.1) is 0 Å². The fourth-order valence-corrected chi connectivity index (χ4v) is 1.16. The smallest absolute Gasteiger partial charge is 0.0252 e. The molecule has 0 aliphatic heterocycles. The normalized spacial score (nSPS) is 14.2. The van der Waals surface area contributed by atoms with Gasteiger partial charge < -0.3 is 0 Å². The summed E-state index contributed by atoms with van der Waals surface area (Å²) in [6.45, 7) is 12.4. The SMILES string of the molecule is C=C/C=C/C(C)N(CC)CC. The molecule has 1 heteroatoms. The molecule has 0 aromatic rings. The van der Waals surface area contributed by atoms with Gasteiger partial charge in [0.25, 0.3) is 0 Å². The van der Waals surface area contributed by atoms with E-state index in [1.165, 1.54) is 0 Å². The molecule has 0 saturated carbocycles. The number of allylic oxidation sites excluding steroid dienone is 2. The summed E-state index contributed by atoms with van der Waals surface area (Å²) >= 11 is 0. The molecule has 0 aromatic heterocycles. The third-order valence-corrected chi connectivity index (χ3v) is 1.91. The third kappa shape index (κ3) is 3.99. The molecule has 0 amide bonds. The van der Waals surface area contributed by atoms with Crippen molar-refractivity contribution in [2.24, 2.45) is 0 Å². The minimum atomic E-state index is 0.531. The number of hydrogen-bond acceptors (Lipinski definition) is 1. The Morgan fingerprint density at radius 2 is 1.91 bits per heavy atom. The van der Waals surface area contributed by atoms with Gasteiger partial charge in [0.05, 0.1) is 0 Å². The molecule has 0 heterocycles. The summed E-state index contributed by atoms with van der Waals surface area (Å²) in [6, 6.07) is 0.531. The molecule has 1 nitrogen and oxygen atoms in total. The molecule has 1 atom stereocenters. The van der Waals surface area contributed by atoms with Gasteiger partial charge in [0, 0.05) is 6.04 Å². The average Bonchev–Trinajstić information content (AvgIpc) is 2.03. The van der Waals surface area contributed by atoms with Gasteiger partial charge in [-0.1, -0.05) is 38.7 Å². The maximum atomic E-state index is 3.64. The fraction of sp³-hybridized carbons (Fsp3) is 0.600. The molecule has 11 heavy (non-hydrogen) atoms. The lowest BCUT2D eigenvalue weighted by Crippen LogP contribution is -2.30. The second-order valence-corrected chi connectivity index (χ2v) is 2.58. The van der Waals surface area contributed by atoms with Crippen LogP contribution in [0.3, 0.4) is 0 Å². The summed E-state index contributed by atoms with van der Waals surface area (Å²) in [4.78, 5) is 2.39. The van der Waals surface area contributed by atoms with Crippen LogP contribution in [-0.2, 0) is 0 Å². The molecule has 64 valence electrons. The summed E-state index contributed by atoms with van der Waals surface area (Å²) in [5.74, 6) is 0.